The van der Waals surface area contributed by atoms with Crippen molar-refractivity contribution in [3.8, 4) is 0 Å². The number of rotatable bonds is 0. The molecule has 0 spiro atoms. The summed E-state index contributed by atoms with van der Waals surface area (Å²) >= 11 is 0. The van der Waals surface area contributed by atoms with Crippen molar-refractivity contribution in [2.45, 2.75) is 45.7 Å². The maximum absolute atomic E-state index is 12.1. The minimum atomic E-state index is -0.347. The fraction of sp³-hybridized carbons (Fsp3) is 0.818. The Hall–Kier alpha value is -1.06. The van der Waals surface area contributed by atoms with Gasteiger partial charge in [0, 0.05) is 30.5 Å². The lowest BCUT2D eigenvalue weighted by Gasteiger charge is -2.29. The summed E-state index contributed by atoms with van der Waals surface area (Å²) in [5.41, 5.74) is -0.347. The Morgan fingerprint density at radius 1 is 1.47 bits per heavy atom. The Morgan fingerprint density at radius 2 is 2.13 bits per heavy atom. The molecular formula is C11H18N2O2. The van der Waals surface area contributed by atoms with Crippen LogP contribution in [0.3, 0.4) is 0 Å². The molecule has 2 aliphatic heterocycles. The Balaban J connectivity index is 2.13. The van der Waals surface area contributed by atoms with Gasteiger partial charge in [-0.05, 0) is 6.42 Å². The number of likely N-dealkylation sites (tertiary alicyclic amines) is 1. The molecule has 0 aromatic heterocycles. The Labute approximate surface area is 90.0 Å². The number of piperidine rings is 1. The SMILES string of the molecule is CC(C)(C)C(=O)N1CC2CC1CC(=O)N2. The molecule has 2 unspecified atom stereocenters. The van der Waals surface area contributed by atoms with Crippen LogP contribution in [0.1, 0.15) is 33.6 Å². The number of carbonyl (C=O) groups is 2. The van der Waals surface area contributed by atoms with E-state index >= 15 is 0 Å². The number of hydrogen-bond acceptors (Lipinski definition) is 2. The van der Waals surface area contributed by atoms with E-state index in [-0.39, 0.29) is 29.3 Å². The summed E-state index contributed by atoms with van der Waals surface area (Å²) in [7, 11) is 0. The molecule has 0 saturated carbocycles. The second-order valence-corrected chi connectivity index (χ2v) is 5.57. The summed E-state index contributed by atoms with van der Waals surface area (Å²) in [6.07, 6.45) is 1.39. The van der Waals surface area contributed by atoms with E-state index in [1.165, 1.54) is 0 Å². The molecule has 84 valence electrons. The molecule has 2 fully saturated rings. The monoisotopic (exact) mass is 210 g/mol. The Kier molecular flexibility index (Phi) is 2.24. The quantitative estimate of drug-likeness (QED) is 0.633. The van der Waals surface area contributed by atoms with Crippen molar-refractivity contribution < 1.29 is 9.59 Å². The van der Waals surface area contributed by atoms with Crippen LogP contribution in [0.4, 0.5) is 0 Å². The molecule has 2 heterocycles. The molecule has 15 heavy (non-hydrogen) atoms. The maximum atomic E-state index is 12.1. The van der Waals surface area contributed by atoms with Crippen molar-refractivity contribution in [2.24, 2.45) is 5.41 Å². The molecule has 0 aromatic carbocycles. The zero-order chi connectivity index (χ0) is 11.2. The summed E-state index contributed by atoms with van der Waals surface area (Å²) in [6, 6.07) is 0.318. The fourth-order valence-corrected chi connectivity index (χ4v) is 2.39. The van der Waals surface area contributed by atoms with Gasteiger partial charge in [-0.3, -0.25) is 9.59 Å². The summed E-state index contributed by atoms with van der Waals surface area (Å²) in [5.74, 6) is 0.243. The standard InChI is InChI=1S/C11H18N2O2/c1-11(2,3)10(15)13-6-7-4-8(13)5-9(14)12-7/h7-8H,4-6H2,1-3H3,(H,12,14). The summed E-state index contributed by atoms with van der Waals surface area (Å²) in [4.78, 5) is 25.3. The van der Waals surface area contributed by atoms with Gasteiger partial charge in [-0.2, -0.15) is 0 Å². The van der Waals surface area contributed by atoms with Crippen LogP contribution in [-0.4, -0.2) is 35.3 Å². The molecule has 2 saturated heterocycles. The van der Waals surface area contributed by atoms with Crippen molar-refractivity contribution in [1.82, 2.24) is 10.2 Å². The zero-order valence-electron chi connectivity index (χ0n) is 9.54. The van der Waals surface area contributed by atoms with E-state index in [1.54, 1.807) is 0 Å². The van der Waals surface area contributed by atoms with Crippen LogP contribution in [0.25, 0.3) is 0 Å². The lowest BCUT2D eigenvalue weighted by Crippen LogP contribution is -2.43. The number of fused-ring (bicyclic) bond motifs is 2. The molecule has 0 aromatic rings. The Bertz CT molecular complexity index is 306. The maximum Gasteiger partial charge on any atom is 0.228 e. The van der Waals surface area contributed by atoms with Crippen LogP contribution < -0.4 is 5.32 Å². The fourth-order valence-electron chi connectivity index (χ4n) is 2.39. The third-order valence-electron chi connectivity index (χ3n) is 3.10. The molecule has 2 bridgehead atoms. The van der Waals surface area contributed by atoms with Gasteiger partial charge in [0.25, 0.3) is 0 Å². The van der Waals surface area contributed by atoms with Crippen LogP contribution in [0.2, 0.25) is 0 Å². The molecule has 4 heteroatoms. The first kappa shape index (κ1) is 10.5. The predicted molar refractivity (Wildman–Crippen MR) is 56.1 cm³/mol. The Morgan fingerprint density at radius 3 is 2.73 bits per heavy atom. The molecule has 2 atom stereocenters. The van der Waals surface area contributed by atoms with Crippen LogP contribution in [0.5, 0.6) is 0 Å². The summed E-state index contributed by atoms with van der Waals surface area (Å²) in [6.45, 7) is 6.46. The molecular weight excluding hydrogens is 192 g/mol. The second-order valence-electron chi connectivity index (χ2n) is 5.57. The average molecular weight is 210 g/mol. The number of hydrogen-bond donors (Lipinski definition) is 1. The molecule has 2 amide bonds. The van der Waals surface area contributed by atoms with Crippen LogP contribution in [0, 0.1) is 5.41 Å². The number of nitrogens with one attached hydrogen (secondary N) is 1. The largest absolute Gasteiger partial charge is 0.351 e. The van der Waals surface area contributed by atoms with E-state index in [1.807, 2.05) is 25.7 Å². The van der Waals surface area contributed by atoms with Crippen molar-refractivity contribution in [1.29, 1.82) is 0 Å². The predicted octanol–water partition coefficient (Wildman–Crippen LogP) is 0.522. The molecule has 2 aliphatic rings. The van der Waals surface area contributed by atoms with E-state index in [9.17, 15) is 9.59 Å². The third kappa shape index (κ3) is 1.85. The van der Waals surface area contributed by atoms with Crippen molar-refractivity contribution in [3.05, 3.63) is 0 Å². The van der Waals surface area contributed by atoms with E-state index in [0.29, 0.717) is 13.0 Å². The summed E-state index contributed by atoms with van der Waals surface area (Å²) < 4.78 is 0. The molecule has 1 N–H and O–H groups in total. The normalized spacial score (nSPS) is 30.3. The summed E-state index contributed by atoms with van der Waals surface area (Å²) in [5, 5.41) is 2.91. The highest BCUT2D eigenvalue weighted by Gasteiger charge is 2.43. The van der Waals surface area contributed by atoms with Crippen LogP contribution >= 0.6 is 0 Å². The van der Waals surface area contributed by atoms with Gasteiger partial charge in [0.2, 0.25) is 11.8 Å². The number of amides is 2. The zero-order valence-corrected chi connectivity index (χ0v) is 9.54. The topological polar surface area (TPSA) is 49.4 Å². The first-order valence-corrected chi connectivity index (χ1v) is 5.48. The average Bonchev–Trinajstić information content (AvgIpc) is 2.38. The van der Waals surface area contributed by atoms with Crippen LogP contribution in [0.15, 0.2) is 0 Å². The van der Waals surface area contributed by atoms with Crippen molar-refractivity contribution >= 4 is 11.8 Å². The van der Waals surface area contributed by atoms with Crippen molar-refractivity contribution in [2.75, 3.05) is 6.54 Å². The molecule has 2 rings (SSSR count). The lowest BCUT2D eigenvalue weighted by molar-refractivity contribution is -0.140. The van der Waals surface area contributed by atoms with Gasteiger partial charge in [-0.15, -0.1) is 0 Å². The molecule has 4 nitrogen and oxygen atoms in total. The molecule has 0 aliphatic carbocycles. The van der Waals surface area contributed by atoms with E-state index in [4.69, 9.17) is 0 Å². The molecule has 0 radical (unpaired) electrons. The van der Waals surface area contributed by atoms with E-state index in [2.05, 4.69) is 5.32 Å². The first-order chi connectivity index (χ1) is 6.88. The van der Waals surface area contributed by atoms with E-state index < -0.39 is 0 Å². The van der Waals surface area contributed by atoms with Crippen LogP contribution in [-0.2, 0) is 9.59 Å². The van der Waals surface area contributed by atoms with Gasteiger partial charge in [-0.25, -0.2) is 0 Å². The van der Waals surface area contributed by atoms with Gasteiger partial charge in [0.15, 0.2) is 0 Å². The third-order valence-corrected chi connectivity index (χ3v) is 3.10. The van der Waals surface area contributed by atoms with Gasteiger partial charge < -0.3 is 10.2 Å². The van der Waals surface area contributed by atoms with Gasteiger partial charge >= 0.3 is 0 Å². The number of carbonyl (C=O) groups excluding carboxylic acids is 2. The minimum Gasteiger partial charge on any atom is -0.351 e. The smallest absolute Gasteiger partial charge is 0.228 e. The van der Waals surface area contributed by atoms with Gasteiger partial charge in [0.1, 0.15) is 0 Å². The van der Waals surface area contributed by atoms with Gasteiger partial charge in [0.05, 0.1) is 0 Å². The highest BCUT2D eigenvalue weighted by molar-refractivity contribution is 5.85. The highest BCUT2D eigenvalue weighted by atomic mass is 16.2. The first-order valence-electron chi connectivity index (χ1n) is 5.48. The van der Waals surface area contributed by atoms with E-state index in [0.717, 1.165) is 6.42 Å². The minimum absolute atomic E-state index is 0.0838. The highest BCUT2D eigenvalue weighted by Crippen LogP contribution is 2.29. The second kappa shape index (κ2) is 3.22. The lowest BCUT2D eigenvalue weighted by atomic mass is 9.94. The van der Waals surface area contributed by atoms with Gasteiger partial charge in [-0.1, -0.05) is 20.8 Å². The van der Waals surface area contributed by atoms with Crippen molar-refractivity contribution in [3.63, 3.8) is 0 Å². The number of nitrogens with zero attached hydrogens (tertiary/aromatic N) is 1.